The molecule has 6 rings (SSSR count). The van der Waals surface area contributed by atoms with Gasteiger partial charge in [0.2, 0.25) is 5.91 Å². The quantitative estimate of drug-likeness (QED) is 0.314. The molecule has 1 aliphatic heterocycles. The molecule has 0 atom stereocenters. The number of likely N-dealkylation sites (N-methyl/N-ethyl adjacent to an activating group) is 2. The number of nitrogens with one attached hydrogen (secondary N) is 3. The zero-order valence-electron chi connectivity index (χ0n) is 21.6. The number of rotatable bonds is 6. The van der Waals surface area contributed by atoms with Crippen LogP contribution < -0.4 is 10.2 Å². The summed E-state index contributed by atoms with van der Waals surface area (Å²) >= 11 is 0. The number of amides is 1. The monoisotopic (exact) mass is 511 g/mol. The molecule has 0 radical (unpaired) electrons. The second-order valence-electron chi connectivity index (χ2n) is 9.84. The van der Waals surface area contributed by atoms with Crippen LogP contribution in [0.25, 0.3) is 44.7 Å². The molecule has 0 saturated carbocycles. The Morgan fingerprint density at radius 3 is 2.74 bits per heavy atom. The first kappa shape index (κ1) is 23.9. The Hall–Kier alpha value is -4.42. The molecule has 1 fully saturated rings. The zero-order chi connectivity index (χ0) is 26.2. The molecule has 0 bridgehead atoms. The number of anilines is 2. The number of fused-ring (bicyclic) bond motifs is 2. The highest BCUT2D eigenvalue weighted by Crippen LogP contribution is 2.31. The summed E-state index contributed by atoms with van der Waals surface area (Å²) < 4.78 is 0. The summed E-state index contributed by atoms with van der Waals surface area (Å²) in [6.45, 7) is 4.09. The lowest BCUT2D eigenvalue weighted by Crippen LogP contribution is -2.44. The molecule has 5 aromatic heterocycles. The third-order valence-electron chi connectivity index (χ3n) is 6.63. The second kappa shape index (κ2) is 9.80. The summed E-state index contributed by atoms with van der Waals surface area (Å²) in [5.41, 5.74) is 5.37. The van der Waals surface area contributed by atoms with Crippen molar-refractivity contribution >= 4 is 39.3 Å². The molecule has 38 heavy (non-hydrogen) atoms. The van der Waals surface area contributed by atoms with Crippen LogP contribution in [0.5, 0.6) is 0 Å². The van der Waals surface area contributed by atoms with Gasteiger partial charge in [-0.2, -0.15) is 5.10 Å². The Labute approximate surface area is 219 Å². The fourth-order valence-electron chi connectivity index (χ4n) is 4.67. The van der Waals surface area contributed by atoms with Gasteiger partial charge >= 0.3 is 0 Å². The molecule has 0 spiro atoms. The van der Waals surface area contributed by atoms with E-state index in [0.717, 1.165) is 59.5 Å². The van der Waals surface area contributed by atoms with Gasteiger partial charge < -0.3 is 25.0 Å². The Kier molecular flexibility index (Phi) is 6.18. The van der Waals surface area contributed by atoms with Crippen LogP contribution in [0.4, 0.5) is 11.5 Å². The van der Waals surface area contributed by atoms with E-state index >= 15 is 0 Å². The highest BCUT2D eigenvalue weighted by atomic mass is 16.2. The van der Waals surface area contributed by atoms with Crippen LogP contribution >= 0.6 is 0 Å². The van der Waals surface area contributed by atoms with Crippen molar-refractivity contribution in [1.82, 2.24) is 44.9 Å². The van der Waals surface area contributed by atoms with Crippen LogP contribution in [-0.2, 0) is 4.79 Å². The molecule has 194 valence electrons. The van der Waals surface area contributed by atoms with E-state index in [2.05, 4.69) is 52.3 Å². The van der Waals surface area contributed by atoms with E-state index in [1.165, 1.54) is 0 Å². The maximum atomic E-state index is 12.2. The minimum Gasteiger partial charge on any atom is -0.352 e. The maximum absolute atomic E-state index is 12.2. The minimum atomic E-state index is -0.107. The van der Waals surface area contributed by atoms with Crippen molar-refractivity contribution < 1.29 is 4.79 Å². The van der Waals surface area contributed by atoms with Crippen LogP contribution in [0.2, 0.25) is 0 Å². The fraction of sp³-hybridized carbons (Fsp3) is 0.308. The van der Waals surface area contributed by atoms with E-state index in [1.807, 2.05) is 43.4 Å². The lowest BCUT2D eigenvalue weighted by Gasteiger charge is -2.33. The van der Waals surface area contributed by atoms with Crippen LogP contribution in [-0.4, -0.2) is 105 Å². The van der Waals surface area contributed by atoms with Gasteiger partial charge in [-0.15, -0.1) is 0 Å². The SMILES string of the molecule is CN(C)CC(=O)Nc1cncc(-c2cc3c(-c4nc5c(N6CCN(C)CC6)nccc5[nH]4)n[nH]c3cn2)c1. The number of hydrogen-bond donors (Lipinski definition) is 3. The standard InChI is InChI=1S/C26H29N11O/c1-35(2)15-22(38)30-17-10-16(12-27-13-17)20-11-18-21(14-29-20)33-34-23(18)25-31-19-4-5-28-26(24(19)32-25)37-8-6-36(3)7-9-37/h4-5,10-14H,6-9,15H2,1-3H3,(H,30,38)(H,31,32)(H,33,34). The Balaban J connectivity index is 1.34. The molecule has 0 unspecified atom stereocenters. The number of carbonyl (C=O) groups excluding carboxylic acids is 1. The van der Waals surface area contributed by atoms with Gasteiger partial charge in [-0.05, 0) is 39.3 Å². The summed E-state index contributed by atoms with van der Waals surface area (Å²) in [6.07, 6.45) is 6.92. The van der Waals surface area contributed by atoms with E-state index in [9.17, 15) is 4.79 Å². The average Bonchev–Trinajstić information content (AvgIpc) is 3.52. The normalized spacial score (nSPS) is 14.6. The van der Waals surface area contributed by atoms with Crippen molar-refractivity contribution in [3.63, 3.8) is 0 Å². The van der Waals surface area contributed by atoms with Gasteiger partial charge in [0.05, 0.1) is 41.4 Å². The Morgan fingerprint density at radius 1 is 1.08 bits per heavy atom. The van der Waals surface area contributed by atoms with Crippen molar-refractivity contribution in [3.8, 4) is 22.8 Å². The second-order valence-corrected chi connectivity index (χ2v) is 9.84. The summed E-state index contributed by atoms with van der Waals surface area (Å²) in [5.74, 6) is 1.44. The van der Waals surface area contributed by atoms with E-state index in [0.29, 0.717) is 22.9 Å². The van der Waals surface area contributed by atoms with Gasteiger partial charge in [0.25, 0.3) is 0 Å². The third kappa shape index (κ3) is 4.66. The Bertz CT molecular complexity index is 1610. The first-order valence-electron chi connectivity index (χ1n) is 12.5. The molecule has 1 aliphatic rings. The lowest BCUT2D eigenvalue weighted by atomic mass is 10.1. The molecular formula is C26H29N11O. The summed E-state index contributed by atoms with van der Waals surface area (Å²) in [6, 6.07) is 5.77. The van der Waals surface area contributed by atoms with Crippen LogP contribution in [0.15, 0.2) is 43.0 Å². The number of imidazole rings is 1. The van der Waals surface area contributed by atoms with Crippen LogP contribution in [0, 0.1) is 0 Å². The average molecular weight is 512 g/mol. The highest BCUT2D eigenvalue weighted by molar-refractivity contribution is 5.96. The molecule has 0 aliphatic carbocycles. The van der Waals surface area contributed by atoms with Crippen molar-refractivity contribution in [2.75, 3.05) is 64.1 Å². The van der Waals surface area contributed by atoms with E-state index in [1.54, 1.807) is 18.6 Å². The molecule has 6 heterocycles. The van der Waals surface area contributed by atoms with Crippen LogP contribution in [0.3, 0.4) is 0 Å². The third-order valence-corrected chi connectivity index (χ3v) is 6.63. The van der Waals surface area contributed by atoms with Gasteiger partial charge in [0, 0.05) is 49.5 Å². The first-order valence-corrected chi connectivity index (χ1v) is 12.5. The molecule has 12 heteroatoms. The Morgan fingerprint density at radius 2 is 1.92 bits per heavy atom. The van der Waals surface area contributed by atoms with Crippen LogP contribution in [0.1, 0.15) is 0 Å². The summed E-state index contributed by atoms with van der Waals surface area (Å²) in [4.78, 5) is 40.5. The number of aromatic amines is 2. The zero-order valence-corrected chi connectivity index (χ0v) is 21.6. The predicted octanol–water partition coefficient (Wildman–Crippen LogP) is 2.21. The number of hydrogen-bond acceptors (Lipinski definition) is 9. The maximum Gasteiger partial charge on any atom is 0.238 e. The number of H-pyrrole nitrogens is 2. The van der Waals surface area contributed by atoms with E-state index in [4.69, 9.17) is 4.98 Å². The molecule has 12 nitrogen and oxygen atoms in total. The number of piperazine rings is 1. The van der Waals surface area contributed by atoms with Gasteiger partial charge in [0.15, 0.2) is 11.6 Å². The van der Waals surface area contributed by atoms with Gasteiger partial charge in [0.1, 0.15) is 11.2 Å². The molecule has 1 saturated heterocycles. The summed E-state index contributed by atoms with van der Waals surface area (Å²) in [5, 5.41) is 11.4. The molecule has 3 N–H and O–H groups in total. The highest BCUT2D eigenvalue weighted by Gasteiger charge is 2.21. The number of nitrogens with zero attached hydrogens (tertiary/aromatic N) is 8. The predicted molar refractivity (Wildman–Crippen MR) is 147 cm³/mol. The number of carbonyl (C=O) groups is 1. The number of pyridine rings is 3. The van der Waals surface area contributed by atoms with Crippen molar-refractivity contribution in [2.24, 2.45) is 0 Å². The molecule has 1 amide bonds. The van der Waals surface area contributed by atoms with Crippen molar-refractivity contribution in [1.29, 1.82) is 0 Å². The lowest BCUT2D eigenvalue weighted by molar-refractivity contribution is -0.116. The summed E-state index contributed by atoms with van der Waals surface area (Å²) in [7, 11) is 5.83. The molecule has 5 aromatic rings. The topological polar surface area (TPSA) is 135 Å². The van der Waals surface area contributed by atoms with Gasteiger partial charge in [-0.25, -0.2) is 9.97 Å². The minimum absolute atomic E-state index is 0.107. The largest absolute Gasteiger partial charge is 0.352 e. The fourth-order valence-corrected chi connectivity index (χ4v) is 4.67. The van der Waals surface area contributed by atoms with Gasteiger partial charge in [-0.3, -0.25) is 19.9 Å². The number of aromatic nitrogens is 7. The van der Waals surface area contributed by atoms with E-state index < -0.39 is 0 Å². The van der Waals surface area contributed by atoms with Crippen molar-refractivity contribution in [2.45, 2.75) is 0 Å². The van der Waals surface area contributed by atoms with Gasteiger partial charge in [-0.1, -0.05) is 0 Å². The first-order chi connectivity index (χ1) is 18.4. The smallest absolute Gasteiger partial charge is 0.238 e. The molecular weight excluding hydrogens is 482 g/mol. The van der Waals surface area contributed by atoms with Crippen molar-refractivity contribution in [3.05, 3.63) is 43.0 Å². The molecule has 0 aromatic carbocycles. The van der Waals surface area contributed by atoms with E-state index in [-0.39, 0.29) is 12.5 Å².